The second kappa shape index (κ2) is 4.99. The molecule has 0 radical (unpaired) electrons. The van der Waals surface area contributed by atoms with Gasteiger partial charge in [-0.15, -0.1) is 0 Å². The van der Waals surface area contributed by atoms with Crippen LogP contribution in [0.25, 0.3) is 10.9 Å². The first kappa shape index (κ1) is 12.1. The van der Waals surface area contributed by atoms with E-state index in [0.29, 0.717) is 18.7 Å². The Morgan fingerprint density at radius 3 is 3.26 bits per heavy atom. The zero-order valence-electron chi connectivity index (χ0n) is 10.5. The molecule has 1 aliphatic rings. The summed E-state index contributed by atoms with van der Waals surface area (Å²) in [6.07, 6.45) is 1.67. The van der Waals surface area contributed by atoms with Crippen molar-refractivity contribution in [2.75, 3.05) is 26.2 Å². The van der Waals surface area contributed by atoms with Gasteiger partial charge in [0, 0.05) is 25.0 Å². The van der Waals surface area contributed by atoms with Crippen LogP contribution in [0.15, 0.2) is 24.4 Å². The molecule has 1 amide bonds. The Balaban J connectivity index is 1.96. The van der Waals surface area contributed by atoms with Gasteiger partial charge in [0.25, 0.3) is 5.91 Å². The highest BCUT2D eigenvalue weighted by molar-refractivity contribution is 6.06. The number of piperazine rings is 1. The number of benzene rings is 1. The maximum atomic E-state index is 12.6. The zero-order chi connectivity index (χ0) is 13.2. The molecule has 6 nitrogen and oxygen atoms in total. The number of amides is 1. The zero-order valence-corrected chi connectivity index (χ0v) is 10.5. The number of H-pyrrole nitrogens is 1. The summed E-state index contributed by atoms with van der Waals surface area (Å²) in [6.45, 7) is 1.96. The number of aromatic nitrogens is 2. The predicted octanol–water partition coefficient (Wildman–Crippen LogP) is -0.0308. The van der Waals surface area contributed by atoms with Gasteiger partial charge in [-0.3, -0.25) is 9.89 Å². The van der Waals surface area contributed by atoms with E-state index in [0.717, 1.165) is 17.4 Å². The van der Waals surface area contributed by atoms with E-state index in [1.807, 2.05) is 12.1 Å². The molecule has 19 heavy (non-hydrogen) atoms. The summed E-state index contributed by atoms with van der Waals surface area (Å²) in [5.41, 5.74) is 1.48. The summed E-state index contributed by atoms with van der Waals surface area (Å²) in [4.78, 5) is 14.4. The van der Waals surface area contributed by atoms with Crippen molar-refractivity contribution < 1.29 is 9.90 Å². The van der Waals surface area contributed by atoms with Crippen LogP contribution in [0.4, 0.5) is 0 Å². The fourth-order valence-electron chi connectivity index (χ4n) is 2.50. The highest BCUT2D eigenvalue weighted by Gasteiger charge is 2.27. The molecule has 0 spiro atoms. The fourth-order valence-corrected chi connectivity index (χ4v) is 2.50. The average molecular weight is 260 g/mol. The molecule has 2 heterocycles. The molecular formula is C13H16N4O2. The minimum absolute atomic E-state index is 0.0277. The molecule has 0 bridgehead atoms. The monoisotopic (exact) mass is 260 g/mol. The first-order chi connectivity index (χ1) is 9.31. The molecule has 1 aromatic heterocycles. The lowest BCUT2D eigenvalue weighted by Gasteiger charge is -2.35. The summed E-state index contributed by atoms with van der Waals surface area (Å²) in [7, 11) is 0. The van der Waals surface area contributed by atoms with Gasteiger partial charge in [0.2, 0.25) is 0 Å². The summed E-state index contributed by atoms with van der Waals surface area (Å²) >= 11 is 0. The van der Waals surface area contributed by atoms with Gasteiger partial charge in [-0.2, -0.15) is 5.10 Å². The average Bonchev–Trinajstić information content (AvgIpc) is 2.94. The van der Waals surface area contributed by atoms with Gasteiger partial charge in [0.05, 0.1) is 29.9 Å². The lowest BCUT2D eigenvalue weighted by molar-refractivity contribution is 0.0538. The Morgan fingerprint density at radius 1 is 1.53 bits per heavy atom. The standard InChI is InChI=1S/C13H16N4O2/c18-8-9-6-14-4-5-17(9)13(19)10-2-1-3-12-11(10)7-15-16-12/h1-3,7,9,14,18H,4-6,8H2,(H,15,16). The van der Waals surface area contributed by atoms with Crippen LogP contribution in [0.1, 0.15) is 10.4 Å². The summed E-state index contributed by atoms with van der Waals surface area (Å²) in [5.74, 6) is -0.0486. The van der Waals surface area contributed by atoms with E-state index in [9.17, 15) is 9.90 Å². The molecule has 1 fully saturated rings. The number of rotatable bonds is 2. The van der Waals surface area contributed by atoms with Gasteiger partial charge in [0.15, 0.2) is 0 Å². The maximum absolute atomic E-state index is 12.6. The number of fused-ring (bicyclic) bond motifs is 1. The molecule has 0 aliphatic carbocycles. The quantitative estimate of drug-likeness (QED) is 0.708. The van der Waals surface area contributed by atoms with E-state index < -0.39 is 0 Å². The third-order valence-electron chi connectivity index (χ3n) is 3.54. The second-order valence-electron chi connectivity index (χ2n) is 4.68. The molecule has 100 valence electrons. The topological polar surface area (TPSA) is 81.2 Å². The molecular weight excluding hydrogens is 244 g/mol. The summed E-state index contributed by atoms with van der Waals surface area (Å²) in [5, 5.41) is 20.2. The number of carbonyl (C=O) groups is 1. The van der Waals surface area contributed by atoms with Gasteiger partial charge in [-0.1, -0.05) is 6.07 Å². The van der Waals surface area contributed by atoms with Gasteiger partial charge in [-0.25, -0.2) is 0 Å². The van der Waals surface area contributed by atoms with Crippen LogP contribution in [0, 0.1) is 0 Å². The van der Waals surface area contributed by atoms with Crippen LogP contribution in [0.5, 0.6) is 0 Å². The van der Waals surface area contributed by atoms with Crippen LogP contribution in [-0.2, 0) is 0 Å². The number of aliphatic hydroxyl groups excluding tert-OH is 1. The van der Waals surface area contributed by atoms with Crippen LogP contribution in [0.3, 0.4) is 0 Å². The molecule has 1 unspecified atom stereocenters. The van der Waals surface area contributed by atoms with E-state index in [-0.39, 0.29) is 18.6 Å². The van der Waals surface area contributed by atoms with Crippen LogP contribution in [0.2, 0.25) is 0 Å². The van der Waals surface area contributed by atoms with Crippen LogP contribution in [-0.4, -0.2) is 58.4 Å². The number of hydrogen-bond acceptors (Lipinski definition) is 4. The SMILES string of the molecule is O=C(c1cccc2[nH]ncc12)N1CCNCC1CO. The van der Waals surface area contributed by atoms with Crippen molar-refractivity contribution in [2.24, 2.45) is 0 Å². The number of carbonyl (C=O) groups excluding carboxylic acids is 1. The highest BCUT2D eigenvalue weighted by Crippen LogP contribution is 2.19. The van der Waals surface area contributed by atoms with Crippen LogP contribution >= 0.6 is 0 Å². The van der Waals surface area contributed by atoms with Crippen LogP contribution < -0.4 is 5.32 Å². The van der Waals surface area contributed by atoms with E-state index in [2.05, 4.69) is 15.5 Å². The normalized spacial score (nSPS) is 19.8. The van der Waals surface area contributed by atoms with E-state index >= 15 is 0 Å². The second-order valence-corrected chi connectivity index (χ2v) is 4.68. The Morgan fingerprint density at radius 2 is 2.42 bits per heavy atom. The molecule has 1 atom stereocenters. The molecule has 2 aromatic rings. The lowest BCUT2D eigenvalue weighted by atomic mass is 10.1. The Hall–Kier alpha value is -1.92. The lowest BCUT2D eigenvalue weighted by Crippen LogP contribution is -2.55. The molecule has 3 rings (SSSR count). The molecule has 1 saturated heterocycles. The van der Waals surface area contributed by atoms with Crippen molar-refractivity contribution in [3.63, 3.8) is 0 Å². The van der Waals surface area contributed by atoms with E-state index in [4.69, 9.17) is 0 Å². The minimum Gasteiger partial charge on any atom is -0.394 e. The molecule has 1 aromatic carbocycles. The van der Waals surface area contributed by atoms with E-state index in [1.165, 1.54) is 0 Å². The first-order valence-electron chi connectivity index (χ1n) is 6.36. The minimum atomic E-state index is -0.164. The van der Waals surface area contributed by atoms with Crippen molar-refractivity contribution in [3.05, 3.63) is 30.0 Å². The van der Waals surface area contributed by atoms with E-state index in [1.54, 1.807) is 17.2 Å². The van der Waals surface area contributed by atoms with Gasteiger partial charge < -0.3 is 15.3 Å². The predicted molar refractivity (Wildman–Crippen MR) is 70.9 cm³/mol. The molecule has 1 aliphatic heterocycles. The van der Waals surface area contributed by atoms with Crippen molar-refractivity contribution in [1.82, 2.24) is 20.4 Å². The third-order valence-corrected chi connectivity index (χ3v) is 3.54. The van der Waals surface area contributed by atoms with Gasteiger partial charge in [0.1, 0.15) is 0 Å². The highest BCUT2D eigenvalue weighted by atomic mass is 16.3. The Bertz CT molecular complexity index is 595. The number of nitrogens with zero attached hydrogens (tertiary/aromatic N) is 2. The van der Waals surface area contributed by atoms with Crippen molar-refractivity contribution in [3.8, 4) is 0 Å². The summed E-state index contributed by atoms with van der Waals surface area (Å²) in [6, 6.07) is 5.37. The summed E-state index contributed by atoms with van der Waals surface area (Å²) < 4.78 is 0. The Labute approximate surface area is 110 Å². The Kier molecular flexibility index (Phi) is 3.18. The smallest absolute Gasteiger partial charge is 0.255 e. The van der Waals surface area contributed by atoms with Crippen molar-refractivity contribution >= 4 is 16.8 Å². The molecule has 6 heteroatoms. The number of nitrogens with one attached hydrogen (secondary N) is 2. The fraction of sp³-hybridized carbons (Fsp3) is 0.385. The molecule has 3 N–H and O–H groups in total. The first-order valence-corrected chi connectivity index (χ1v) is 6.36. The molecule has 0 saturated carbocycles. The van der Waals surface area contributed by atoms with Crippen molar-refractivity contribution in [1.29, 1.82) is 0 Å². The van der Waals surface area contributed by atoms with Crippen molar-refractivity contribution in [2.45, 2.75) is 6.04 Å². The number of aliphatic hydroxyl groups is 1. The van der Waals surface area contributed by atoms with Gasteiger partial charge >= 0.3 is 0 Å². The number of aromatic amines is 1. The maximum Gasteiger partial charge on any atom is 0.255 e. The van der Waals surface area contributed by atoms with Gasteiger partial charge in [-0.05, 0) is 12.1 Å². The third kappa shape index (κ3) is 2.09. The number of hydrogen-bond donors (Lipinski definition) is 3. The largest absolute Gasteiger partial charge is 0.394 e.